The Morgan fingerprint density at radius 1 is 1.83 bits per heavy atom. The van der Waals surface area contributed by atoms with Gasteiger partial charge in [-0.25, -0.2) is 0 Å². The van der Waals surface area contributed by atoms with Gasteiger partial charge in [0.25, 0.3) is 0 Å². The molecule has 0 amide bonds. The smallest absolute Gasteiger partial charge is 0.0314 e. The van der Waals surface area contributed by atoms with Crippen LogP contribution in [-0.4, -0.2) is 6.21 Å². The third-order valence-corrected chi connectivity index (χ3v) is 0.593. The molecule has 32 valence electrons. The maximum atomic E-state index is 7.11. The van der Waals surface area contributed by atoms with Gasteiger partial charge in [0.1, 0.15) is 0 Å². The molecule has 0 saturated carbocycles. The topological polar surface area (TPSA) is 12.4 Å². The lowest BCUT2D eigenvalue weighted by atomic mass is 10.3. The van der Waals surface area contributed by atoms with Gasteiger partial charge in [0, 0.05) is 15.2 Å². The summed E-state index contributed by atoms with van der Waals surface area (Å²) in [6, 6.07) is 0. The van der Waals surface area contributed by atoms with Crippen LogP contribution in [0, 0.1) is 0 Å². The summed E-state index contributed by atoms with van der Waals surface area (Å²) in [5.41, 5.74) is 0. The quantitative estimate of drug-likeness (QED) is 0.419. The van der Waals surface area contributed by atoms with Crippen molar-refractivity contribution >= 4 is 6.21 Å². The summed E-state index contributed by atoms with van der Waals surface area (Å²) in [5, 5.41) is 0. The third kappa shape index (κ3) is 0.677. The predicted molar refractivity (Wildman–Crippen MR) is 26.9 cm³/mol. The maximum absolute atomic E-state index is 7.11. The Morgan fingerprint density at radius 2 is 2.83 bits per heavy atom. The molecular weight excluding hydrogens is 74.1 g/mol. The molecule has 0 bridgehead atoms. The van der Waals surface area contributed by atoms with Crippen molar-refractivity contribution in [3.63, 3.8) is 0 Å². The molecule has 0 unspecified atom stereocenters. The van der Waals surface area contributed by atoms with Crippen molar-refractivity contribution in [1.29, 1.82) is 0 Å². The first-order valence-corrected chi connectivity index (χ1v) is 1.90. The van der Waals surface area contributed by atoms with Crippen LogP contribution < -0.4 is 0 Å². The minimum atomic E-state index is -1.15. The predicted octanol–water partition coefficient (Wildman–Crippen LogP) is 1.36. The van der Waals surface area contributed by atoms with Crippen LogP contribution in [0.4, 0.5) is 0 Å². The van der Waals surface area contributed by atoms with Crippen LogP contribution in [-0.2, 0) is 0 Å². The molecule has 0 N–H and O–H groups in total. The summed E-state index contributed by atoms with van der Waals surface area (Å²) in [6.07, 6.45) is 3.79. The van der Waals surface area contributed by atoms with Crippen LogP contribution in [0.2, 0.25) is 0 Å². The molecule has 1 heterocycles. The SMILES string of the molecule is [2H]C1([2H])C=CN=CC1. The van der Waals surface area contributed by atoms with E-state index in [4.69, 9.17) is 2.74 Å². The zero-order chi connectivity index (χ0) is 6.04. The van der Waals surface area contributed by atoms with Crippen molar-refractivity contribution in [2.45, 2.75) is 12.8 Å². The Morgan fingerprint density at radius 3 is 3.17 bits per heavy atom. The standard InChI is InChI=1S/C5H7N/c1-2-4-6-5-3-1/h2,4-5H,1,3H2/i1D2. The first-order chi connectivity index (χ1) is 3.71. The number of allylic oxidation sites excluding steroid dienone is 1. The van der Waals surface area contributed by atoms with Crippen LogP contribution >= 0.6 is 0 Å². The highest BCUT2D eigenvalue weighted by molar-refractivity contribution is 5.59. The van der Waals surface area contributed by atoms with Gasteiger partial charge in [-0.1, -0.05) is 6.08 Å². The zero-order valence-electron chi connectivity index (χ0n) is 5.39. The van der Waals surface area contributed by atoms with Gasteiger partial charge in [0.05, 0.1) is 0 Å². The molecule has 0 radical (unpaired) electrons. The molecule has 0 aromatic rings. The van der Waals surface area contributed by atoms with Gasteiger partial charge < -0.3 is 0 Å². The van der Waals surface area contributed by atoms with E-state index in [1.807, 2.05) is 0 Å². The number of nitrogens with zero attached hydrogens (tertiary/aromatic N) is 1. The Labute approximate surface area is 40.2 Å². The van der Waals surface area contributed by atoms with Gasteiger partial charge in [-0.05, 0) is 12.8 Å². The lowest BCUT2D eigenvalue weighted by molar-refractivity contribution is 1.08. The van der Waals surface area contributed by atoms with E-state index in [0.29, 0.717) is 6.42 Å². The molecule has 0 fully saturated rings. The third-order valence-electron chi connectivity index (χ3n) is 0.593. The van der Waals surface area contributed by atoms with E-state index in [1.54, 1.807) is 6.21 Å². The summed E-state index contributed by atoms with van der Waals surface area (Å²) in [5.74, 6) is 0. The number of hydrogen-bond acceptors (Lipinski definition) is 1. The van der Waals surface area contributed by atoms with Gasteiger partial charge in [0.15, 0.2) is 0 Å². The number of rotatable bonds is 0. The average molecular weight is 83.1 g/mol. The van der Waals surface area contributed by atoms with Crippen LogP contribution in [0.25, 0.3) is 0 Å². The molecular formula is C5H7N. The Kier molecular flexibility index (Phi) is 0.560. The van der Waals surface area contributed by atoms with Crippen LogP contribution in [0.15, 0.2) is 17.3 Å². The van der Waals surface area contributed by atoms with Crippen molar-refractivity contribution in [1.82, 2.24) is 0 Å². The highest BCUT2D eigenvalue weighted by Gasteiger charge is 1.78. The van der Waals surface area contributed by atoms with Crippen LogP contribution in [0.5, 0.6) is 0 Å². The van der Waals surface area contributed by atoms with Crippen molar-refractivity contribution in [2.24, 2.45) is 4.99 Å². The second-order valence-corrected chi connectivity index (χ2v) is 1.06. The molecule has 1 aliphatic heterocycles. The second-order valence-electron chi connectivity index (χ2n) is 1.06. The molecule has 1 nitrogen and oxygen atoms in total. The molecule has 1 rings (SSSR count). The Bertz CT molecular complexity index is 137. The maximum Gasteiger partial charge on any atom is 0.0314 e. The van der Waals surface area contributed by atoms with E-state index < -0.39 is 6.37 Å². The summed E-state index contributed by atoms with van der Waals surface area (Å²) in [6.45, 7) is 0. The summed E-state index contributed by atoms with van der Waals surface area (Å²) in [4.78, 5) is 3.73. The van der Waals surface area contributed by atoms with Crippen LogP contribution in [0.1, 0.15) is 15.5 Å². The fraction of sp³-hybridized carbons (Fsp3) is 0.400. The molecule has 1 aliphatic rings. The van der Waals surface area contributed by atoms with Crippen molar-refractivity contribution in [2.75, 3.05) is 0 Å². The number of hydrogen-bond donors (Lipinski definition) is 0. The molecule has 0 aliphatic carbocycles. The minimum Gasteiger partial charge on any atom is -0.269 e. The van der Waals surface area contributed by atoms with E-state index in [9.17, 15) is 0 Å². The van der Waals surface area contributed by atoms with E-state index >= 15 is 0 Å². The molecule has 0 aromatic heterocycles. The highest BCUT2D eigenvalue weighted by Crippen LogP contribution is 1.92. The van der Waals surface area contributed by atoms with E-state index in [1.165, 1.54) is 12.3 Å². The van der Waals surface area contributed by atoms with E-state index in [0.717, 1.165) is 0 Å². The summed E-state index contributed by atoms with van der Waals surface area (Å²) < 4.78 is 14.2. The minimum absolute atomic E-state index is 0.406. The fourth-order valence-corrected chi connectivity index (χ4v) is 0.330. The lowest BCUT2D eigenvalue weighted by Gasteiger charge is -1.87. The number of aliphatic imine (C=N–C) groups is 1. The van der Waals surface area contributed by atoms with Gasteiger partial charge in [0.2, 0.25) is 0 Å². The molecule has 0 saturated heterocycles. The van der Waals surface area contributed by atoms with Gasteiger partial charge in [-0.15, -0.1) is 0 Å². The van der Waals surface area contributed by atoms with Crippen molar-refractivity contribution in [3.05, 3.63) is 12.3 Å². The zero-order valence-corrected chi connectivity index (χ0v) is 3.39. The van der Waals surface area contributed by atoms with Crippen molar-refractivity contribution < 1.29 is 2.74 Å². The van der Waals surface area contributed by atoms with Crippen molar-refractivity contribution in [3.8, 4) is 0 Å². The second kappa shape index (κ2) is 1.75. The monoisotopic (exact) mass is 83.1 g/mol. The fourth-order valence-electron chi connectivity index (χ4n) is 0.330. The lowest BCUT2D eigenvalue weighted by Crippen LogP contribution is -1.75. The van der Waals surface area contributed by atoms with Gasteiger partial charge in [-0.2, -0.15) is 0 Å². The highest BCUT2D eigenvalue weighted by atomic mass is 14.7. The Balaban J connectivity index is 2.65. The molecule has 1 heteroatoms. The van der Waals surface area contributed by atoms with E-state index in [-0.39, 0.29) is 0 Å². The van der Waals surface area contributed by atoms with Crippen LogP contribution in [0.3, 0.4) is 0 Å². The average Bonchev–Trinajstić information content (AvgIpc) is 1.65. The molecule has 0 atom stereocenters. The first kappa shape index (κ1) is 1.92. The molecule has 6 heavy (non-hydrogen) atoms. The normalized spacial score (nSPS) is 32.0. The molecule has 0 aromatic carbocycles. The van der Waals surface area contributed by atoms with E-state index in [2.05, 4.69) is 4.99 Å². The van der Waals surface area contributed by atoms with Gasteiger partial charge >= 0.3 is 0 Å². The Hall–Kier alpha value is -0.590. The first-order valence-electron chi connectivity index (χ1n) is 2.90. The van der Waals surface area contributed by atoms with Gasteiger partial charge in [-0.3, -0.25) is 4.99 Å². The molecule has 0 spiro atoms. The summed E-state index contributed by atoms with van der Waals surface area (Å²) >= 11 is 0. The summed E-state index contributed by atoms with van der Waals surface area (Å²) in [7, 11) is 0. The largest absolute Gasteiger partial charge is 0.269 e.